The van der Waals surface area contributed by atoms with Crippen molar-refractivity contribution >= 4 is 12.1 Å². The van der Waals surface area contributed by atoms with E-state index in [0.717, 1.165) is 32.1 Å². The number of aliphatic hydroxyl groups is 1. The molecule has 11 atom stereocenters. The highest BCUT2D eigenvalue weighted by Crippen LogP contribution is 2.86. The third kappa shape index (κ3) is 3.55. The lowest BCUT2D eigenvalue weighted by Gasteiger charge is -2.56. The summed E-state index contributed by atoms with van der Waals surface area (Å²) in [5.41, 5.74) is 7.77. The average molecular weight is 528 g/mol. The highest BCUT2D eigenvalue weighted by atomic mass is 16.6. The lowest BCUT2D eigenvalue weighted by Crippen LogP contribution is -2.50. The van der Waals surface area contributed by atoms with Crippen molar-refractivity contribution in [2.45, 2.75) is 116 Å². The predicted octanol–water partition coefficient (Wildman–Crippen LogP) is 5.97. The summed E-state index contributed by atoms with van der Waals surface area (Å²) >= 11 is 0. The largest absolute Gasteiger partial charge is 0.509 e. The quantitative estimate of drug-likeness (QED) is 0.265. The van der Waals surface area contributed by atoms with E-state index >= 15 is 0 Å². The van der Waals surface area contributed by atoms with Crippen LogP contribution in [0.2, 0.25) is 0 Å². The molecule has 1 heterocycles. The van der Waals surface area contributed by atoms with Crippen molar-refractivity contribution in [3.8, 4) is 0 Å². The molecule has 38 heavy (non-hydrogen) atoms. The molecular formula is C31H45NO6. The highest BCUT2D eigenvalue weighted by Gasteiger charge is 2.79. The number of esters is 1. The van der Waals surface area contributed by atoms with E-state index < -0.39 is 18.2 Å². The summed E-state index contributed by atoms with van der Waals surface area (Å²) in [5, 5.41) is 10.5. The fourth-order valence-corrected chi connectivity index (χ4v) is 11.0. The number of hydrogen-bond acceptors (Lipinski definition) is 6. The number of fused-ring (bicyclic) bond motifs is 4. The third-order valence-electron chi connectivity index (χ3n) is 12.4. The Kier molecular flexibility index (Phi) is 6.21. The molecule has 9 unspecified atom stereocenters. The molecule has 6 aliphatic rings. The number of allylic oxidation sites excluding steroid dienone is 2. The summed E-state index contributed by atoms with van der Waals surface area (Å²) in [5.74, 6) is 2.06. The maximum atomic E-state index is 11.8. The maximum Gasteiger partial charge on any atom is 0.405 e. The molecule has 210 valence electrons. The Labute approximate surface area is 226 Å². The Morgan fingerprint density at radius 1 is 1.05 bits per heavy atom. The van der Waals surface area contributed by atoms with Crippen molar-refractivity contribution in [3.05, 3.63) is 23.5 Å². The van der Waals surface area contributed by atoms with Crippen LogP contribution in [-0.4, -0.2) is 41.6 Å². The van der Waals surface area contributed by atoms with Crippen molar-refractivity contribution in [1.29, 1.82) is 0 Å². The summed E-state index contributed by atoms with van der Waals surface area (Å²) in [4.78, 5) is 23.4. The number of amides is 1. The lowest BCUT2D eigenvalue weighted by atomic mass is 9.49. The first-order valence-corrected chi connectivity index (χ1v) is 14.9. The molecule has 1 saturated heterocycles. The van der Waals surface area contributed by atoms with Gasteiger partial charge >= 0.3 is 12.1 Å². The van der Waals surface area contributed by atoms with Crippen LogP contribution in [0.15, 0.2) is 23.5 Å². The summed E-state index contributed by atoms with van der Waals surface area (Å²) < 4.78 is 17.8. The monoisotopic (exact) mass is 527 g/mol. The maximum absolute atomic E-state index is 11.8. The van der Waals surface area contributed by atoms with Crippen LogP contribution in [0.5, 0.6) is 0 Å². The van der Waals surface area contributed by atoms with Crippen molar-refractivity contribution in [2.24, 2.45) is 45.7 Å². The molecule has 1 amide bonds. The Morgan fingerprint density at radius 3 is 2.50 bits per heavy atom. The van der Waals surface area contributed by atoms with Gasteiger partial charge in [0.25, 0.3) is 0 Å². The molecule has 0 bridgehead atoms. The van der Waals surface area contributed by atoms with Gasteiger partial charge in [-0.05, 0) is 130 Å². The molecule has 2 spiro atoms. The van der Waals surface area contributed by atoms with Gasteiger partial charge in [-0.25, -0.2) is 4.79 Å². The molecule has 1 aliphatic heterocycles. The van der Waals surface area contributed by atoms with Crippen LogP contribution in [0.4, 0.5) is 4.79 Å². The van der Waals surface area contributed by atoms with E-state index in [-0.39, 0.29) is 29.5 Å². The number of carbonyl (C=O) groups is 2. The van der Waals surface area contributed by atoms with Gasteiger partial charge in [-0.15, -0.1) is 0 Å². The number of carbonyl (C=O) groups excluding carboxylic acids is 2. The van der Waals surface area contributed by atoms with Gasteiger partial charge in [-0.2, -0.15) is 0 Å². The average Bonchev–Trinajstić information content (AvgIpc) is 3.46. The predicted molar refractivity (Wildman–Crippen MR) is 142 cm³/mol. The lowest BCUT2D eigenvalue weighted by molar-refractivity contribution is -0.168. The number of hydrogen-bond donors (Lipinski definition) is 2. The topological polar surface area (TPSA) is 108 Å². The van der Waals surface area contributed by atoms with E-state index in [1.807, 2.05) is 0 Å². The number of ether oxygens (including phenoxy) is 3. The zero-order chi connectivity index (χ0) is 27.0. The second-order valence-electron chi connectivity index (χ2n) is 13.5. The van der Waals surface area contributed by atoms with Crippen LogP contribution in [0, 0.1) is 39.9 Å². The molecule has 7 heteroatoms. The van der Waals surface area contributed by atoms with Gasteiger partial charge in [0.1, 0.15) is 18.0 Å². The highest BCUT2D eigenvalue weighted by molar-refractivity contribution is 5.66. The minimum Gasteiger partial charge on any atom is -0.509 e. The van der Waals surface area contributed by atoms with Crippen LogP contribution < -0.4 is 5.73 Å². The number of primary amides is 1. The molecule has 0 aromatic heterocycles. The van der Waals surface area contributed by atoms with E-state index in [0.29, 0.717) is 34.5 Å². The van der Waals surface area contributed by atoms with Crippen LogP contribution in [-0.2, 0) is 19.0 Å². The van der Waals surface area contributed by atoms with Gasteiger partial charge in [0, 0.05) is 6.92 Å². The zero-order valence-corrected chi connectivity index (χ0v) is 23.4. The molecule has 7 nitrogen and oxygen atoms in total. The van der Waals surface area contributed by atoms with Crippen LogP contribution in [0.25, 0.3) is 0 Å². The molecule has 5 saturated carbocycles. The van der Waals surface area contributed by atoms with Gasteiger partial charge in [0.15, 0.2) is 6.10 Å². The van der Waals surface area contributed by atoms with Crippen molar-refractivity contribution in [3.63, 3.8) is 0 Å². The smallest absolute Gasteiger partial charge is 0.405 e. The summed E-state index contributed by atoms with van der Waals surface area (Å²) in [6.07, 6.45) is 13.3. The molecular weight excluding hydrogens is 482 g/mol. The van der Waals surface area contributed by atoms with E-state index in [1.165, 1.54) is 44.6 Å². The first-order valence-electron chi connectivity index (χ1n) is 14.9. The minimum absolute atomic E-state index is 0.0816. The second-order valence-corrected chi connectivity index (χ2v) is 13.5. The number of aliphatic hydroxyl groups excluding tert-OH is 1. The van der Waals surface area contributed by atoms with Crippen molar-refractivity contribution in [2.75, 3.05) is 0 Å². The van der Waals surface area contributed by atoms with Crippen LogP contribution in [0.1, 0.15) is 91.9 Å². The van der Waals surface area contributed by atoms with Gasteiger partial charge in [-0.1, -0.05) is 13.0 Å². The standard InChI is InChI=1S/C31H45NO6/c1-5-18-19-7-8-20-22-15-26-21(9-10-25(37-26)27(23(34)6-2)36-17(3)33)29(22,4)13-14-31(20)16-30(19,31)12-11-24(18)38-28(32)35/h5-6,19-22,24-27,34H,7-16H2,1-4H3,(H2,32,35)/b18-5-,23-6-/t19-,20?,21-,22?,24?,25?,26?,27?,29?,30?,31?/m0/s1. The summed E-state index contributed by atoms with van der Waals surface area (Å²) in [6, 6.07) is 0. The van der Waals surface area contributed by atoms with E-state index in [2.05, 4.69) is 19.9 Å². The number of nitrogens with two attached hydrogens (primary N) is 1. The Bertz CT molecular complexity index is 1070. The normalized spacial score (nSPS) is 49.0. The van der Waals surface area contributed by atoms with Gasteiger partial charge in [0.05, 0.1) is 6.10 Å². The molecule has 6 rings (SSSR count). The third-order valence-corrected chi connectivity index (χ3v) is 12.4. The fraction of sp³-hybridized carbons (Fsp3) is 0.806. The van der Waals surface area contributed by atoms with E-state index in [1.54, 1.807) is 13.0 Å². The van der Waals surface area contributed by atoms with Gasteiger partial charge in [0.2, 0.25) is 0 Å². The minimum atomic E-state index is -0.723. The summed E-state index contributed by atoms with van der Waals surface area (Å²) in [6.45, 7) is 7.77. The van der Waals surface area contributed by atoms with E-state index in [4.69, 9.17) is 19.9 Å². The Morgan fingerprint density at radius 2 is 1.82 bits per heavy atom. The first-order chi connectivity index (χ1) is 18.1. The molecule has 3 N–H and O–H groups in total. The summed E-state index contributed by atoms with van der Waals surface area (Å²) in [7, 11) is 0. The first kappa shape index (κ1) is 26.2. The Balaban J connectivity index is 1.22. The van der Waals surface area contributed by atoms with Gasteiger partial charge < -0.3 is 25.1 Å². The van der Waals surface area contributed by atoms with Crippen LogP contribution >= 0.6 is 0 Å². The zero-order valence-electron chi connectivity index (χ0n) is 23.4. The molecule has 6 fully saturated rings. The molecule has 0 aromatic rings. The fourth-order valence-electron chi connectivity index (χ4n) is 11.0. The Hall–Kier alpha value is -2.02. The van der Waals surface area contributed by atoms with Crippen molar-refractivity contribution in [1.82, 2.24) is 0 Å². The second kappa shape index (κ2) is 9.00. The number of rotatable bonds is 4. The van der Waals surface area contributed by atoms with E-state index in [9.17, 15) is 14.7 Å². The molecule has 0 radical (unpaired) electrons. The van der Waals surface area contributed by atoms with Crippen LogP contribution in [0.3, 0.4) is 0 Å². The molecule has 5 aliphatic carbocycles. The van der Waals surface area contributed by atoms with Crippen molar-refractivity contribution < 1.29 is 28.9 Å². The SMILES string of the molecule is C/C=C(\O)C(OC(C)=O)C1CC[C@H]2C(CC3C4CC[C@H]5/C(=C/C)C(OC(N)=O)CCC56CC46CCC32C)O1. The van der Waals surface area contributed by atoms with Gasteiger partial charge in [-0.3, -0.25) is 4.79 Å². The molecule has 0 aromatic carbocycles.